The fraction of sp³-hybridized carbons (Fsp3) is 0.421. The van der Waals surface area contributed by atoms with Crippen molar-refractivity contribution in [3.63, 3.8) is 0 Å². The predicted molar refractivity (Wildman–Crippen MR) is 195 cm³/mol. The third-order valence-corrected chi connectivity index (χ3v) is 10.3. The first-order chi connectivity index (χ1) is 24.0. The van der Waals surface area contributed by atoms with E-state index >= 15 is 0 Å². The Balaban J connectivity index is 1.10. The molecule has 7 rings (SSSR count). The fourth-order valence-electron chi connectivity index (χ4n) is 7.27. The van der Waals surface area contributed by atoms with Gasteiger partial charge in [-0.05, 0) is 93.0 Å². The Morgan fingerprint density at radius 1 is 0.980 bits per heavy atom. The molecule has 4 atom stereocenters. The Kier molecular flexibility index (Phi) is 9.21. The van der Waals surface area contributed by atoms with Crippen molar-refractivity contribution in [1.82, 2.24) is 29.7 Å². The minimum Gasteiger partial charge on any atom is -0.484 e. The molecule has 4 heterocycles. The summed E-state index contributed by atoms with van der Waals surface area (Å²) >= 11 is 6.27. The topological polar surface area (TPSA) is 122 Å². The molecule has 5 aromatic rings. The normalized spacial score (nSPS) is 20.8. The molecule has 4 unspecified atom stereocenters. The van der Waals surface area contributed by atoms with E-state index in [0.29, 0.717) is 40.6 Å². The number of aromatic nitrogens is 5. The third kappa shape index (κ3) is 6.64. The number of nitrogens with one attached hydrogen (secondary N) is 2. The summed E-state index contributed by atoms with van der Waals surface area (Å²) in [5.74, 6) is 2.11. The minimum atomic E-state index is -0.339. The van der Waals surface area contributed by atoms with Gasteiger partial charge >= 0.3 is 6.03 Å². The van der Waals surface area contributed by atoms with Gasteiger partial charge in [0.1, 0.15) is 17.7 Å². The van der Waals surface area contributed by atoms with Gasteiger partial charge in [0.05, 0.1) is 30.2 Å². The number of carbonyl (C=O) groups excluding carboxylic acids is 1. The lowest BCUT2D eigenvalue weighted by Crippen LogP contribution is -2.44. The van der Waals surface area contributed by atoms with Crippen LogP contribution < -0.4 is 20.3 Å². The molecule has 1 aliphatic heterocycles. The molecule has 1 fully saturated rings. The van der Waals surface area contributed by atoms with Crippen molar-refractivity contribution < 1.29 is 14.6 Å². The lowest BCUT2D eigenvalue weighted by molar-refractivity contribution is 0.171. The molecule has 2 aromatic carbocycles. The van der Waals surface area contributed by atoms with E-state index in [4.69, 9.17) is 21.4 Å². The molecule has 2 aliphatic rings. The van der Waals surface area contributed by atoms with Gasteiger partial charge in [0.25, 0.3) is 0 Å². The number of carbonyl (C=O) groups is 1. The smallest absolute Gasteiger partial charge is 0.320 e. The fourth-order valence-corrected chi connectivity index (χ4v) is 7.44. The van der Waals surface area contributed by atoms with Crippen LogP contribution in [-0.4, -0.2) is 47.6 Å². The number of aliphatic hydroxyl groups excluding tert-OH is 1. The summed E-state index contributed by atoms with van der Waals surface area (Å²) in [5.41, 5.74) is 4.68. The van der Waals surface area contributed by atoms with Crippen molar-refractivity contribution in [2.45, 2.75) is 103 Å². The summed E-state index contributed by atoms with van der Waals surface area (Å²) in [6.07, 6.45) is 6.73. The van der Waals surface area contributed by atoms with Crippen LogP contribution in [0.25, 0.3) is 11.3 Å². The van der Waals surface area contributed by atoms with Crippen LogP contribution in [0.5, 0.6) is 5.75 Å². The van der Waals surface area contributed by atoms with Crippen molar-refractivity contribution in [3.8, 4) is 11.4 Å². The number of hydrogen-bond acceptors (Lipinski definition) is 7. The quantitative estimate of drug-likeness (QED) is 0.158. The zero-order valence-electron chi connectivity index (χ0n) is 29.2. The van der Waals surface area contributed by atoms with E-state index in [-0.39, 0.29) is 30.2 Å². The van der Waals surface area contributed by atoms with E-state index in [9.17, 15) is 9.90 Å². The highest BCUT2D eigenvalue weighted by Gasteiger charge is 2.31. The monoisotopic (exact) mass is 696 g/mol. The molecule has 2 amide bonds. The maximum atomic E-state index is 13.6. The van der Waals surface area contributed by atoms with Crippen molar-refractivity contribution in [2.75, 3.05) is 10.2 Å². The zero-order chi connectivity index (χ0) is 35.2. The van der Waals surface area contributed by atoms with Crippen LogP contribution in [0.3, 0.4) is 0 Å². The number of halogens is 1. The Morgan fingerprint density at radius 3 is 2.48 bits per heavy atom. The van der Waals surface area contributed by atoms with Crippen LogP contribution in [0.4, 0.5) is 16.6 Å². The molecular weight excluding hydrogens is 652 g/mol. The van der Waals surface area contributed by atoms with E-state index < -0.39 is 0 Å². The van der Waals surface area contributed by atoms with Gasteiger partial charge in [-0.15, -0.1) is 10.2 Å². The van der Waals surface area contributed by atoms with Gasteiger partial charge in [-0.25, -0.2) is 9.48 Å². The second-order valence-electron chi connectivity index (χ2n) is 14.6. The lowest BCUT2D eigenvalue weighted by atomic mass is 9.85. The van der Waals surface area contributed by atoms with Crippen LogP contribution >= 0.6 is 11.6 Å². The largest absolute Gasteiger partial charge is 0.484 e. The van der Waals surface area contributed by atoms with Crippen LogP contribution in [-0.2, 0) is 12.0 Å². The van der Waals surface area contributed by atoms with E-state index in [1.54, 1.807) is 16.8 Å². The Bertz CT molecular complexity index is 2010. The number of amides is 2. The molecule has 0 spiro atoms. The molecule has 50 heavy (non-hydrogen) atoms. The van der Waals surface area contributed by atoms with Gasteiger partial charge < -0.3 is 20.1 Å². The molecule has 262 valence electrons. The minimum absolute atomic E-state index is 0.182. The number of rotatable bonds is 7. The highest BCUT2D eigenvalue weighted by atomic mass is 35.5. The second-order valence-corrected chi connectivity index (χ2v) is 15.0. The number of ether oxygens (including phenoxy) is 1. The number of urea groups is 1. The summed E-state index contributed by atoms with van der Waals surface area (Å²) in [6, 6.07) is 19.5. The second kappa shape index (κ2) is 13.6. The van der Waals surface area contributed by atoms with Gasteiger partial charge in [-0.2, -0.15) is 5.10 Å². The molecule has 3 aromatic heterocycles. The zero-order valence-corrected chi connectivity index (χ0v) is 30.0. The first-order valence-electron chi connectivity index (χ1n) is 17.5. The van der Waals surface area contributed by atoms with Crippen LogP contribution in [0.2, 0.25) is 5.02 Å². The summed E-state index contributed by atoms with van der Waals surface area (Å²) in [6.45, 7) is 10.5. The Labute approximate surface area is 297 Å². The third-order valence-electron chi connectivity index (χ3n) is 9.96. The van der Waals surface area contributed by atoms with Crippen LogP contribution in [0.15, 0.2) is 66.9 Å². The maximum absolute atomic E-state index is 13.6. The number of nitrogens with zero attached hydrogens (tertiary/aromatic N) is 6. The van der Waals surface area contributed by atoms with Gasteiger partial charge in [0, 0.05) is 28.6 Å². The SMILES string of the molecule is CC1CCCC(C)N1c1nnc2ccc(OC3CCC(NC(=O)Nc4cc(C(C)(C)C)nn4-c4ccc(Cl)c(CO)c4)c4ccccc43)cn12. The van der Waals surface area contributed by atoms with E-state index in [1.165, 1.54) is 6.42 Å². The maximum Gasteiger partial charge on any atom is 0.320 e. The van der Waals surface area contributed by atoms with Crippen molar-refractivity contribution in [1.29, 1.82) is 0 Å². The Hall–Kier alpha value is -4.61. The number of pyridine rings is 1. The molecule has 1 aliphatic carbocycles. The summed E-state index contributed by atoms with van der Waals surface area (Å²) < 4.78 is 10.4. The number of fused-ring (bicyclic) bond motifs is 2. The molecule has 0 radical (unpaired) electrons. The van der Waals surface area contributed by atoms with Crippen molar-refractivity contribution >= 4 is 35.0 Å². The molecule has 12 heteroatoms. The first-order valence-corrected chi connectivity index (χ1v) is 17.8. The first kappa shape index (κ1) is 33.9. The number of aliphatic hydroxyl groups is 1. The average molecular weight is 697 g/mol. The molecule has 11 nitrogen and oxygen atoms in total. The molecule has 0 saturated carbocycles. The highest BCUT2D eigenvalue weighted by Crippen LogP contribution is 2.39. The molecular formula is C38H45ClN8O3. The van der Waals surface area contributed by atoms with Crippen molar-refractivity contribution in [3.05, 3.63) is 94.3 Å². The number of benzene rings is 2. The average Bonchev–Trinajstić information content (AvgIpc) is 3.71. The summed E-state index contributed by atoms with van der Waals surface area (Å²) in [4.78, 5) is 16.0. The predicted octanol–water partition coefficient (Wildman–Crippen LogP) is 7.90. The van der Waals surface area contributed by atoms with E-state index in [1.807, 2.05) is 47.0 Å². The standard InChI is InChI=1S/C38H45ClN8O3/c1-23-9-8-10-24(2)46(23)37-43-42-34-18-14-27(21-45(34)37)50-32-17-16-31(28-11-6-7-12-29(28)32)40-36(49)41-35-20-33(38(3,4)5)44-47(35)26-13-15-30(39)25(19-26)22-48/h6-7,11-15,18-21,23-24,31-32,48H,8-10,16-17,22H2,1-5H3,(H2,40,41,49). The van der Waals surface area contributed by atoms with Crippen LogP contribution in [0.1, 0.15) is 101 Å². The number of hydrogen-bond donors (Lipinski definition) is 3. The van der Waals surface area contributed by atoms with Crippen molar-refractivity contribution in [2.24, 2.45) is 0 Å². The molecule has 3 N–H and O–H groups in total. The summed E-state index contributed by atoms with van der Waals surface area (Å²) in [5, 5.41) is 30.4. The molecule has 0 bridgehead atoms. The van der Waals surface area contributed by atoms with E-state index in [0.717, 1.165) is 53.4 Å². The Morgan fingerprint density at radius 2 is 1.74 bits per heavy atom. The van der Waals surface area contributed by atoms with Gasteiger partial charge in [-0.1, -0.05) is 56.6 Å². The highest BCUT2D eigenvalue weighted by molar-refractivity contribution is 6.31. The number of anilines is 2. The lowest BCUT2D eigenvalue weighted by Gasteiger charge is -2.39. The van der Waals surface area contributed by atoms with Gasteiger partial charge in [0.2, 0.25) is 5.95 Å². The number of piperidine rings is 1. The van der Waals surface area contributed by atoms with Gasteiger partial charge in [0.15, 0.2) is 5.65 Å². The molecule has 1 saturated heterocycles. The van der Waals surface area contributed by atoms with Gasteiger partial charge in [-0.3, -0.25) is 9.72 Å². The summed E-state index contributed by atoms with van der Waals surface area (Å²) in [7, 11) is 0. The van der Waals surface area contributed by atoms with Crippen LogP contribution in [0, 0.1) is 0 Å². The van der Waals surface area contributed by atoms with E-state index in [2.05, 4.69) is 72.5 Å².